The molecule has 2 saturated heterocycles. The van der Waals surface area contributed by atoms with Crippen LogP contribution in [0.15, 0.2) is 97.1 Å². The lowest BCUT2D eigenvalue weighted by Gasteiger charge is -2.37. The Hall–Kier alpha value is -3.75. The minimum atomic E-state index is -0.942. The first-order valence-electron chi connectivity index (χ1n) is 14.3. The van der Waals surface area contributed by atoms with Crippen molar-refractivity contribution in [2.24, 2.45) is 0 Å². The van der Waals surface area contributed by atoms with Crippen LogP contribution in [0.25, 0.3) is 0 Å². The van der Waals surface area contributed by atoms with E-state index in [1.807, 2.05) is 55.5 Å². The van der Waals surface area contributed by atoms with Gasteiger partial charge in [-0.15, -0.1) is 0 Å². The van der Waals surface area contributed by atoms with Gasteiger partial charge >= 0.3 is 0 Å². The summed E-state index contributed by atoms with van der Waals surface area (Å²) in [6, 6.07) is 30.7. The number of hydrogen-bond donors (Lipinski definition) is 1. The molecule has 2 aliphatic rings. The van der Waals surface area contributed by atoms with Crippen molar-refractivity contribution < 1.29 is 19.0 Å². The Morgan fingerprint density at radius 1 is 0.884 bits per heavy atom. The molecule has 1 amide bonds. The second-order valence-electron chi connectivity index (χ2n) is 10.8. The second kappa shape index (κ2) is 12.9. The van der Waals surface area contributed by atoms with Gasteiger partial charge in [0.25, 0.3) is 5.91 Å². The van der Waals surface area contributed by atoms with Crippen LogP contribution in [-0.2, 0) is 15.3 Å². The number of hydrogen-bond acceptors (Lipinski definition) is 6. The largest absolute Gasteiger partial charge is 0.491 e. The highest BCUT2D eigenvalue weighted by Crippen LogP contribution is 2.38. The van der Waals surface area contributed by atoms with Gasteiger partial charge in [-0.3, -0.25) is 4.79 Å². The van der Waals surface area contributed by atoms with E-state index >= 15 is 0 Å². The van der Waals surface area contributed by atoms with E-state index in [0.717, 1.165) is 54.6 Å². The molecular formula is C34H33Cl2N3O4. The average Bonchev–Trinajstić information content (AvgIpc) is 3.42. The van der Waals surface area contributed by atoms with Crippen LogP contribution in [0, 0.1) is 0 Å². The smallest absolute Gasteiger partial charge is 0.255 e. The molecule has 2 aliphatic heterocycles. The Bertz CT molecular complexity index is 1540. The molecule has 0 aliphatic carbocycles. The number of anilines is 3. The summed E-state index contributed by atoms with van der Waals surface area (Å²) in [7, 11) is 0. The van der Waals surface area contributed by atoms with Crippen molar-refractivity contribution in [3.63, 3.8) is 0 Å². The molecule has 0 radical (unpaired) electrons. The van der Waals surface area contributed by atoms with E-state index in [1.54, 1.807) is 24.3 Å². The molecule has 2 unspecified atom stereocenters. The maximum Gasteiger partial charge on any atom is 0.255 e. The van der Waals surface area contributed by atoms with E-state index in [4.69, 9.17) is 37.4 Å². The van der Waals surface area contributed by atoms with Crippen LogP contribution in [0.2, 0.25) is 10.0 Å². The molecule has 2 atom stereocenters. The first-order chi connectivity index (χ1) is 20.9. The fraction of sp³-hybridized carbons (Fsp3) is 0.265. The third-order valence-corrected chi connectivity index (χ3v) is 8.35. The Morgan fingerprint density at radius 3 is 2.14 bits per heavy atom. The van der Waals surface area contributed by atoms with E-state index < -0.39 is 5.79 Å². The van der Waals surface area contributed by atoms with Gasteiger partial charge in [0.15, 0.2) is 5.79 Å². The molecule has 0 saturated carbocycles. The zero-order valence-electron chi connectivity index (χ0n) is 23.8. The number of benzene rings is 4. The third kappa shape index (κ3) is 6.92. The number of carbonyl (C=O) groups is 1. The molecule has 0 aromatic heterocycles. The number of amides is 1. The molecule has 7 nitrogen and oxygen atoms in total. The number of piperazine rings is 1. The van der Waals surface area contributed by atoms with Crippen molar-refractivity contribution >= 4 is 46.2 Å². The van der Waals surface area contributed by atoms with Crippen LogP contribution in [0.4, 0.5) is 17.1 Å². The highest BCUT2D eigenvalue weighted by atomic mass is 35.5. The molecule has 4 aromatic carbocycles. The molecule has 222 valence electrons. The Kier molecular flexibility index (Phi) is 8.77. The van der Waals surface area contributed by atoms with Crippen molar-refractivity contribution in [3.05, 3.63) is 118 Å². The molecule has 2 heterocycles. The SMILES string of the molecule is CC1(c2ccc(Cl)cc2Cl)OCC(COc2ccc(N3CCN(c4ccc(NC(=O)c5ccccc5)cc4)CC3)cc2)O1. The maximum absolute atomic E-state index is 12.4. The summed E-state index contributed by atoms with van der Waals surface area (Å²) in [5.41, 5.74) is 4.48. The lowest BCUT2D eigenvalue weighted by Crippen LogP contribution is -2.46. The summed E-state index contributed by atoms with van der Waals surface area (Å²) < 4.78 is 18.2. The molecule has 0 spiro atoms. The Labute approximate surface area is 261 Å². The number of rotatable bonds is 8. The van der Waals surface area contributed by atoms with E-state index in [1.165, 1.54) is 0 Å². The van der Waals surface area contributed by atoms with Crippen LogP contribution < -0.4 is 19.9 Å². The van der Waals surface area contributed by atoms with Gasteiger partial charge in [-0.2, -0.15) is 0 Å². The summed E-state index contributed by atoms with van der Waals surface area (Å²) in [4.78, 5) is 17.2. The highest BCUT2D eigenvalue weighted by molar-refractivity contribution is 6.35. The van der Waals surface area contributed by atoms with Crippen molar-refractivity contribution in [2.45, 2.75) is 18.8 Å². The van der Waals surface area contributed by atoms with Crippen molar-refractivity contribution in [2.75, 3.05) is 54.5 Å². The number of halogens is 2. The van der Waals surface area contributed by atoms with Crippen LogP contribution >= 0.6 is 23.2 Å². The minimum absolute atomic E-state index is 0.109. The first-order valence-corrected chi connectivity index (χ1v) is 15.1. The summed E-state index contributed by atoms with van der Waals surface area (Å²) >= 11 is 12.4. The lowest BCUT2D eigenvalue weighted by atomic mass is 10.1. The van der Waals surface area contributed by atoms with Crippen LogP contribution in [0.5, 0.6) is 5.75 Å². The highest BCUT2D eigenvalue weighted by Gasteiger charge is 2.40. The molecular weight excluding hydrogens is 585 g/mol. The summed E-state index contributed by atoms with van der Waals surface area (Å²) in [6.07, 6.45) is -0.223. The number of carbonyl (C=O) groups excluding carboxylic acids is 1. The van der Waals surface area contributed by atoms with Crippen LogP contribution in [0.3, 0.4) is 0 Å². The monoisotopic (exact) mass is 617 g/mol. The van der Waals surface area contributed by atoms with Crippen molar-refractivity contribution in [3.8, 4) is 5.75 Å². The van der Waals surface area contributed by atoms with E-state index in [2.05, 4.69) is 39.4 Å². The van der Waals surface area contributed by atoms with Gasteiger partial charge < -0.3 is 29.3 Å². The summed E-state index contributed by atoms with van der Waals surface area (Å²) in [6.45, 7) is 6.26. The van der Waals surface area contributed by atoms with Gasteiger partial charge in [-0.05, 0) is 79.7 Å². The molecule has 0 bridgehead atoms. The normalized spacial score (nSPS) is 20.2. The lowest BCUT2D eigenvalue weighted by molar-refractivity contribution is -0.164. The zero-order valence-corrected chi connectivity index (χ0v) is 25.4. The molecule has 2 fully saturated rings. The van der Waals surface area contributed by atoms with Crippen molar-refractivity contribution in [1.82, 2.24) is 0 Å². The Morgan fingerprint density at radius 2 is 1.51 bits per heavy atom. The minimum Gasteiger partial charge on any atom is -0.491 e. The van der Waals surface area contributed by atoms with Gasteiger partial charge in [0.05, 0.1) is 11.6 Å². The predicted octanol–water partition coefficient (Wildman–Crippen LogP) is 7.24. The van der Waals surface area contributed by atoms with Crippen molar-refractivity contribution in [1.29, 1.82) is 0 Å². The van der Waals surface area contributed by atoms with E-state index in [-0.39, 0.29) is 12.0 Å². The van der Waals surface area contributed by atoms with Gasteiger partial charge in [-0.1, -0.05) is 47.5 Å². The fourth-order valence-electron chi connectivity index (χ4n) is 5.43. The fourth-order valence-corrected chi connectivity index (χ4v) is 6.01. The standard InChI is InChI=1S/C34H33Cl2N3O4/c1-34(31-16-7-25(35)21-32(31)36)42-23-30(43-34)22-41-29-14-12-28(13-15-29)39-19-17-38(18-20-39)27-10-8-26(9-11-27)37-33(40)24-5-3-2-4-6-24/h2-16,21,30H,17-20,22-23H2,1H3,(H,37,40). The quantitative estimate of drug-likeness (QED) is 0.225. The molecule has 1 N–H and O–H groups in total. The number of nitrogens with zero attached hydrogens (tertiary/aromatic N) is 2. The van der Waals surface area contributed by atoms with Gasteiger partial charge in [0.1, 0.15) is 18.5 Å². The molecule has 6 rings (SSSR count). The number of nitrogens with one attached hydrogen (secondary N) is 1. The van der Waals surface area contributed by atoms with E-state index in [9.17, 15) is 4.79 Å². The Balaban J connectivity index is 0.964. The predicted molar refractivity (Wildman–Crippen MR) is 172 cm³/mol. The maximum atomic E-state index is 12.4. The van der Waals surface area contributed by atoms with Crippen LogP contribution in [-0.4, -0.2) is 51.4 Å². The molecule has 9 heteroatoms. The number of ether oxygens (including phenoxy) is 3. The second-order valence-corrected chi connectivity index (χ2v) is 11.6. The van der Waals surface area contributed by atoms with Gasteiger partial charge in [-0.25, -0.2) is 0 Å². The third-order valence-electron chi connectivity index (χ3n) is 7.80. The topological polar surface area (TPSA) is 63.3 Å². The van der Waals surface area contributed by atoms with Gasteiger partial charge in [0, 0.05) is 59.4 Å². The van der Waals surface area contributed by atoms with Crippen LogP contribution in [0.1, 0.15) is 22.8 Å². The summed E-state index contributed by atoms with van der Waals surface area (Å²) in [5.74, 6) is -0.271. The molecule has 4 aromatic rings. The average molecular weight is 619 g/mol. The zero-order chi connectivity index (χ0) is 29.8. The van der Waals surface area contributed by atoms with E-state index in [0.29, 0.717) is 28.8 Å². The summed E-state index contributed by atoms with van der Waals surface area (Å²) in [5, 5.41) is 4.04. The first kappa shape index (κ1) is 29.3. The van der Waals surface area contributed by atoms with Gasteiger partial charge in [0.2, 0.25) is 0 Å². The molecule has 43 heavy (non-hydrogen) atoms.